The second-order valence-electron chi connectivity index (χ2n) is 10.4. The summed E-state index contributed by atoms with van der Waals surface area (Å²) in [5.74, 6) is 0.437. The van der Waals surface area contributed by atoms with Crippen LogP contribution in [0, 0.1) is 11.3 Å². The summed E-state index contributed by atoms with van der Waals surface area (Å²) in [6.07, 6.45) is 20.7. The van der Waals surface area contributed by atoms with Crippen molar-refractivity contribution in [2.24, 2.45) is 0 Å². The lowest BCUT2D eigenvalue weighted by Gasteiger charge is -2.09. The van der Waals surface area contributed by atoms with E-state index in [0.29, 0.717) is 22.7 Å². The van der Waals surface area contributed by atoms with Gasteiger partial charge in [0.25, 0.3) is 0 Å². The summed E-state index contributed by atoms with van der Waals surface area (Å²) in [5, 5.41) is 9.64. The average molecular weight is 526 g/mol. The van der Waals surface area contributed by atoms with Crippen molar-refractivity contribution in [3.8, 4) is 23.2 Å². The maximum atomic E-state index is 12.8. The Morgan fingerprint density at radius 2 is 1.31 bits per heavy atom. The Balaban J connectivity index is 1.50. The monoisotopic (exact) mass is 525 g/mol. The van der Waals surface area contributed by atoms with Crippen molar-refractivity contribution in [1.29, 1.82) is 5.26 Å². The average Bonchev–Trinajstić information content (AvgIpc) is 2.97. The Hall–Kier alpha value is -3.52. The summed E-state index contributed by atoms with van der Waals surface area (Å²) in [6, 6.07) is 14.8. The fraction of sp³-hybridized carbons (Fsp3) is 0.471. The molecule has 3 rings (SSSR count). The molecule has 0 spiro atoms. The maximum absolute atomic E-state index is 12.8. The molecule has 0 bridgehead atoms. The van der Waals surface area contributed by atoms with Crippen molar-refractivity contribution in [2.45, 2.75) is 104 Å². The Labute approximate surface area is 234 Å². The number of carbonyl (C=O) groups excluding carboxylic acids is 1. The van der Waals surface area contributed by atoms with E-state index in [1.807, 2.05) is 36.7 Å². The molecule has 0 atom stereocenters. The molecule has 5 heteroatoms. The van der Waals surface area contributed by atoms with Crippen molar-refractivity contribution in [2.75, 3.05) is 0 Å². The van der Waals surface area contributed by atoms with Crippen LogP contribution in [-0.2, 0) is 12.8 Å². The van der Waals surface area contributed by atoms with Crippen LogP contribution in [0.4, 0.5) is 0 Å². The third-order valence-electron chi connectivity index (χ3n) is 7.09. The van der Waals surface area contributed by atoms with Crippen LogP contribution >= 0.6 is 0 Å². The summed E-state index contributed by atoms with van der Waals surface area (Å²) in [6.45, 7) is 4.45. The molecule has 1 heterocycles. The normalized spacial score (nSPS) is 10.8. The van der Waals surface area contributed by atoms with E-state index in [4.69, 9.17) is 4.74 Å². The Morgan fingerprint density at radius 1 is 0.744 bits per heavy atom. The Bertz CT molecular complexity index is 1180. The van der Waals surface area contributed by atoms with E-state index in [1.54, 1.807) is 18.2 Å². The van der Waals surface area contributed by atoms with E-state index in [1.165, 1.54) is 64.2 Å². The van der Waals surface area contributed by atoms with Gasteiger partial charge in [-0.2, -0.15) is 5.26 Å². The zero-order chi connectivity index (χ0) is 27.7. The summed E-state index contributed by atoms with van der Waals surface area (Å²) >= 11 is 0. The predicted octanol–water partition coefficient (Wildman–Crippen LogP) is 9.04. The molecule has 0 aliphatic carbocycles. The van der Waals surface area contributed by atoms with Crippen LogP contribution in [0.25, 0.3) is 11.4 Å². The van der Waals surface area contributed by atoms with E-state index in [2.05, 4.69) is 29.9 Å². The molecule has 2 aromatic carbocycles. The lowest BCUT2D eigenvalue weighted by atomic mass is 10.0. The molecule has 0 amide bonds. The topological polar surface area (TPSA) is 75.9 Å². The second kappa shape index (κ2) is 17.1. The number of unbranched alkanes of at least 4 members (excludes halogenated alkanes) is 10. The van der Waals surface area contributed by atoms with Gasteiger partial charge in [0.05, 0.1) is 11.1 Å². The fourth-order valence-electron chi connectivity index (χ4n) is 4.68. The van der Waals surface area contributed by atoms with Crippen molar-refractivity contribution in [3.05, 3.63) is 77.1 Å². The minimum absolute atomic E-state index is 0.295. The number of carbonyl (C=O) groups is 1. The number of hydrogen-bond acceptors (Lipinski definition) is 5. The molecule has 0 radical (unpaired) electrons. The van der Waals surface area contributed by atoms with Crippen LogP contribution in [0.15, 0.2) is 54.9 Å². The van der Waals surface area contributed by atoms with Gasteiger partial charge in [0, 0.05) is 18.0 Å². The molecular formula is C34H43N3O2. The van der Waals surface area contributed by atoms with Crippen LogP contribution in [-0.4, -0.2) is 15.9 Å². The van der Waals surface area contributed by atoms with Gasteiger partial charge in [-0.1, -0.05) is 96.3 Å². The highest BCUT2D eigenvalue weighted by Gasteiger charge is 2.13. The minimum Gasteiger partial charge on any atom is -0.422 e. The summed E-state index contributed by atoms with van der Waals surface area (Å²) < 4.78 is 5.59. The zero-order valence-corrected chi connectivity index (χ0v) is 23.8. The molecule has 206 valence electrons. The van der Waals surface area contributed by atoms with Crippen LogP contribution in [0.2, 0.25) is 0 Å². The van der Waals surface area contributed by atoms with Gasteiger partial charge in [-0.15, -0.1) is 0 Å². The largest absolute Gasteiger partial charge is 0.422 e. The third kappa shape index (κ3) is 10.3. The number of aromatic nitrogens is 2. The molecule has 1 aromatic heterocycles. The van der Waals surface area contributed by atoms with E-state index in [-0.39, 0.29) is 0 Å². The van der Waals surface area contributed by atoms with Crippen LogP contribution in [0.3, 0.4) is 0 Å². The lowest BCUT2D eigenvalue weighted by molar-refractivity contribution is 0.0734. The molecule has 0 unspecified atom stereocenters. The second-order valence-corrected chi connectivity index (χ2v) is 10.4. The highest BCUT2D eigenvalue weighted by molar-refractivity contribution is 5.91. The third-order valence-corrected chi connectivity index (χ3v) is 7.09. The van der Waals surface area contributed by atoms with Gasteiger partial charge in [0.1, 0.15) is 11.8 Å². The molecule has 3 aromatic rings. The van der Waals surface area contributed by atoms with E-state index < -0.39 is 5.97 Å². The summed E-state index contributed by atoms with van der Waals surface area (Å²) in [5.41, 5.74) is 3.89. The van der Waals surface area contributed by atoms with E-state index in [9.17, 15) is 10.1 Å². The quantitative estimate of drug-likeness (QED) is 0.0998. The van der Waals surface area contributed by atoms with Crippen LogP contribution in [0.5, 0.6) is 5.75 Å². The van der Waals surface area contributed by atoms with Gasteiger partial charge < -0.3 is 4.74 Å². The lowest BCUT2D eigenvalue weighted by Crippen LogP contribution is -2.09. The van der Waals surface area contributed by atoms with Crippen molar-refractivity contribution in [3.63, 3.8) is 0 Å². The number of rotatable bonds is 17. The summed E-state index contributed by atoms with van der Waals surface area (Å²) in [4.78, 5) is 21.8. The van der Waals surface area contributed by atoms with Gasteiger partial charge in [0.15, 0.2) is 5.82 Å². The maximum Gasteiger partial charge on any atom is 0.343 e. The van der Waals surface area contributed by atoms with Crippen molar-refractivity contribution in [1.82, 2.24) is 9.97 Å². The first-order valence-electron chi connectivity index (χ1n) is 14.8. The SMILES string of the molecule is CCCCCCCCCCc1ccc(OC(=O)c2ccc(-c3ncc(CCCCCC)cn3)cc2)c(C#N)c1. The summed E-state index contributed by atoms with van der Waals surface area (Å²) in [7, 11) is 0. The van der Waals surface area contributed by atoms with Gasteiger partial charge in [0.2, 0.25) is 0 Å². The van der Waals surface area contributed by atoms with Crippen molar-refractivity contribution >= 4 is 5.97 Å². The molecular weight excluding hydrogens is 482 g/mol. The number of aryl methyl sites for hydroxylation is 2. The Kier molecular flexibility index (Phi) is 13.2. The van der Waals surface area contributed by atoms with Gasteiger partial charge >= 0.3 is 5.97 Å². The number of ether oxygens (including phenoxy) is 1. The smallest absolute Gasteiger partial charge is 0.343 e. The number of hydrogen-bond donors (Lipinski definition) is 0. The van der Waals surface area contributed by atoms with Crippen LogP contribution < -0.4 is 4.74 Å². The van der Waals surface area contributed by atoms with Gasteiger partial charge in [-0.05, 0) is 61.1 Å². The molecule has 0 aliphatic heterocycles. The highest BCUT2D eigenvalue weighted by atomic mass is 16.5. The molecule has 0 aliphatic rings. The van der Waals surface area contributed by atoms with Crippen LogP contribution in [0.1, 0.15) is 118 Å². The fourth-order valence-corrected chi connectivity index (χ4v) is 4.68. The number of nitrogens with zero attached hydrogens (tertiary/aromatic N) is 3. The molecule has 0 saturated heterocycles. The molecule has 0 N–H and O–H groups in total. The van der Waals surface area contributed by atoms with E-state index >= 15 is 0 Å². The standard InChI is InChI=1S/C34H43N3O2/c1-3-5-7-9-10-11-12-14-15-27-17-22-32(31(23-27)24-35)39-34(38)30-20-18-29(19-21-30)33-36-25-28(26-37-33)16-13-8-6-4-2/h17-23,25-26H,3-16H2,1-2H3. The molecule has 5 nitrogen and oxygen atoms in total. The van der Waals surface area contributed by atoms with E-state index in [0.717, 1.165) is 42.4 Å². The Morgan fingerprint density at radius 3 is 1.92 bits per heavy atom. The number of nitriles is 1. The first-order valence-corrected chi connectivity index (χ1v) is 14.8. The number of benzene rings is 2. The first kappa shape index (κ1) is 30.0. The number of esters is 1. The first-order chi connectivity index (χ1) is 19.1. The minimum atomic E-state index is -0.489. The molecule has 0 saturated carbocycles. The highest BCUT2D eigenvalue weighted by Crippen LogP contribution is 2.23. The molecule has 39 heavy (non-hydrogen) atoms. The van der Waals surface area contributed by atoms with Crippen molar-refractivity contribution < 1.29 is 9.53 Å². The predicted molar refractivity (Wildman–Crippen MR) is 158 cm³/mol. The van der Waals surface area contributed by atoms with Gasteiger partial charge in [-0.25, -0.2) is 14.8 Å². The van der Waals surface area contributed by atoms with Gasteiger partial charge in [-0.3, -0.25) is 0 Å². The molecule has 0 fully saturated rings. The zero-order valence-electron chi connectivity index (χ0n) is 23.8.